The molecule has 1 N–H and O–H groups in total. The fraction of sp³-hybridized carbons (Fsp3) is 0.300. The van der Waals surface area contributed by atoms with Crippen LogP contribution in [0.4, 0.5) is 0 Å². The zero-order valence-electron chi connectivity index (χ0n) is 15.4. The number of carbonyl (C=O) groups excluding carboxylic acids is 1. The molecule has 1 fully saturated rings. The standard InChI is InChI=1S/C20H20N4O3S/c1-13-12-28-18(21-13)14-6-5-9-23(11-14)19(25)17-10-16(20(26)27)22-24(17)15-7-3-2-4-8-15/h2-4,7-8,10,12,14H,5-6,9,11H2,1H3,(H,26,27)/t14-/m1/s1. The van der Waals surface area contributed by atoms with Crippen LogP contribution in [0.25, 0.3) is 5.69 Å². The minimum Gasteiger partial charge on any atom is -0.476 e. The second-order valence-electron chi connectivity index (χ2n) is 6.88. The van der Waals surface area contributed by atoms with E-state index in [-0.39, 0.29) is 23.2 Å². The highest BCUT2D eigenvalue weighted by Crippen LogP contribution is 2.30. The predicted molar refractivity (Wildman–Crippen MR) is 105 cm³/mol. The zero-order chi connectivity index (χ0) is 19.7. The molecule has 8 heteroatoms. The molecule has 0 aliphatic carbocycles. The molecule has 1 amide bonds. The molecule has 1 saturated heterocycles. The summed E-state index contributed by atoms with van der Waals surface area (Å²) in [4.78, 5) is 31.1. The van der Waals surface area contributed by atoms with E-state index < -0.39 is 5.97 Å². The average molecular weight is 396 g/mol. The number of para-hydroxylation sites is 1. The summed E-state index contributed by atoms with van der Waals surface area (Å²) in [6, 6.07) is 10.5. The van der Waals surface area contributed by atoms with Gasteiger partial charge >= 0.3 is 5.97 Å². The van der Waals surface area contributed by atoms with Crippen molar-refractivity contribution in [2.75, 3.05) is 13.1 Å². The summed E-state index contributed by atoms with van der Waals surface area (Å²) in [5.41, 5.74) is 1.77. The number of nitrogens with zero attached hydrogens (tertiary/aromatic N) is 4. The summed E-state index contributed by atoms with van der Waals surface area (Å²) in [6.07, 6.45) is 1.88. The lowest BCUT2D eigenvalue weighted by atomic mass is 9.98. The second-order valence-corrected chi connectivity index (χ2v) is 7.77. The van der Waals surface area contributed by atoms with Crippen LogP contribution in [0, 0.1) is 6.92 Å². The topological polar surface area (TPSA) is 88.3 Å². The van der Waals surface area contributed by atoms with Gasteiger partial charge in [0.2, 0.25) is 0 Å². The van der Waals surface area contributed by atoms with Gasteiger partial charge in [0.05, 0.1) is 10.7 Å². The van der Waals surface area contributed by atoms with Crippen LogP contribution >= 0.6 is 11.3 Å². The van der Waals surface area contributed by atoms with Crippen LogP contribution in [0.1, 0.15) is 50.4 Å². The Bertz CT molecular complexity index is 1010. The van der Waals surface area contributed by atoms with Crippen LogP contribution in [0.5, 0.6) is 0 Å². The van der Waals surface area contributed by atoms with Crippen LogP contribution in [-0.2, 0) is 0 Å². The molecule has 1 aliphatic heterocycles. The number of amides is 1. The number of piperidine rings is 1. The lowest BCUT2D eigenvalue weighted by molar-refractivity contribution is 0.0686. The third-order valence-electron chi connectivity index (χ3n) is 4.84. The van der Waals surface area contributed by atoms with E-state index in [4.69, 9.17) is 0 Å². The summed E-state index contributed by atoms with van der Waals surface area (Å²) < 4.78 is 1.42. The number of benzene rings is 1. The van der Waals surface area contributed by atoms with Crippen LogP contribution < -0.4 is 0 Å². The number of aromatic carboxylic acids is 1. The minimum atomic E-state index is -1.15. The van der Waals surface area contributed by atoms with E-state index in [1.54, 1.807) is 28.4 Å². The van der Waals surface area contributed by atoms with Gasteiger partial charge < -0.3 is 10.0 Å². The van der Waals surface area contributed by atoms with Gasteiger partial charge in [0.1, 0.15) is 5.69 Å². The van der Waals surface area contributed by atoms with Crippen molar-refractivity contribution >= 4 is 23.2 Å². The summed E-state index contributed by atoms with van der Waals surface area (Å²) >= 11 is 1.63. The third kappa shape index (κ3) is 3.55. The zero-order valence-corrected chi connectivity index (χ0v) is 16.2. The van der Waals surface area contributed by atoms with E-state index in [0.717, 1.165) is 23.5 Å². The number of aromatic nitrogens is 3. The van der Waals surface area contributed by atoms with E-state index >= 15 is 0 Å². The number of aryl methyl sites for hydroxylation is 1. The molecule has 0 radical (unpaired) electrons. The van der Waals surface area contributed by atoms with E-state index in [9.17, 15) is 14.7 Å². The van der Waals surface area contributed by atoms with Gasteiger partial charge in [-0.2, -0.15) is 5.10 Å². The first kappa shape index (κ1) is 18.4. The summed E-state index contributed by atoms with van der Waals surface area (Å²) in [6.45, 7) is 3.19. The molecule has 7 nitrogen and oxygen atoms in total. The summed E-state index contributed by atoms with van der Waals surface area (Å²) in [5, 5.41) is 16.6. The summed E-state index contributed by atoms with van der Waals surface area (Å²) in [7, 11) is 0. The maximum Gasteiger partial charge on any atom is 0.356 e. The van der Waals surface area contributed by atoms with E-state index in [1.807, 2.05) is 30.5 Å². The van der Waals surface area contributed by atoms with E-state index in [1.165, 1.54) is 10.7 Å². The van der Waals surface area contributed by atoms with Crippen molar-refractivity contribution in [3.05, 3.63) is 63.9 Å². The first-order chi connectivity index (χ1) is 13.5. The van der Waals surface area contributed by atoms with Gasteiger partial charge in [-0.25, -0.2) is 14.5 Å². The Balaban J connectivity index is 1.64. The van der Waals surface area contributed by atoms with Gasteiger partial charge in [-0.15, -0.1) is 11.3 Å². The summed E-state index contributed by atoms with van der Waals surface area (Å²) in [5.74, 6) is -1.15. The Morgan fingerprint density at radius 3 is 2.71 bits per heavy atom. The van der Waals surface area contributed by atoms with Crippen LogP contribution in [0.15, 0.2) is 41.8 Å². The molecular formula is C20H20N4O3S. The Hall–Kier alpha value is -3.00. The lowest BCUT2D eigenvalue weighted by Gasteiger charge is -2.31. The van der Waals surface area contributed by atoms with Crippen LogP contribution in [-0.4, -0.2) is 49.7 Å². The van der Waals surface area contributed by atoms with Gasteiger partial charge in [-0.3, -0.25) is 4.79 Å². The number of rotatable bonds is 4. The van der Waals surface area contributed by atoms with Crippen molar-refractivity contribution in [1.82, 2.24) is 19.7 Å². The van der Waals surface area contributed by atoms with Gasteiger partial charge in [0, 0.05) is 36.1 Å². The van der Waals surface area contributed by atoms with Gasteiger partial charge in [-0.1, -0.05) is 18.2 Å². The smallest absolute Gasteiger partial charge is 0.356 e. The molecule has 3 heterocycles. The molecule has 4 rings (SSSR count). The minimum absolute atomic E-state index is 0.142. The fourth-order valence-corrected chi connectivity index (χ4v) is 4.41. The highest BCUT2D eigenvalue weighted by Gasteiger charge is 2.30. The normalized spacial score (nSPS) is 16.9. The maximum atomic E-state index is 13.3. The van der Waals surface area contributed by atoms with E-state index in [0.29, 0.717) is 18.8 Å². The Morgan fingerprint density at radius 2 is 2.04 bits per heavy atom. The highest BCUT2D eigenvalue weighted by atomic mass is 32.1. The quantitative estimate of drug-likeness (QED) is 0.731. The number of carboxylic acid groups (broad SMARTS) is 1. The molecule has 0 spiro atoms. The predicted octanol–water partition coefficient (Wildman–Crippen LogP) is 3.36. The number of carboxylic acids is 1. The van der Waals surface area contributed by atoms with Crippen molar-refractivity contribution in [3.8, 4) is 5.69 Å². The Morgan fingerprint density at radius 1 is 1.25 bits per heavy atom. The molecule has 2 aromatic heterocycles. The Kier molecular flexibility index (Phi) is 4.95. The molecule has 0 saturated carbocycles. The van der Waals surface area contributed by atoms with Gasteiger partial charge in [-0.05, 0) is 31.9 Å². The molecule has 1 aliphatic rings. The Labute approximate surface area is 166 Å². The number of hydrogen-bond acceptors (Lipinski definition) is 5. The van der Waals surface area contributed by atoms with Crippen molar-refractivity contribution in [2.24, 2.45) is 0 Å². The molecule has 1 atom stereocenters. The first-order valence-electron chi connectivity index (χ1n) is 9.13. The molecule has 0 bridgehead atoms. The van der Waals surface area contributed by atoms with E-state index in [2.05, 4.69) is 10.1 Å². The highest BCUT2D eigenvalue weighted by molar-refractivity contribution is 7.09. The third-order valence-corrected chi connectivity index (χ3v) is 5.97. The largest absolute Gasteiger partial charge is 0.476 e. The van der Waals surface area contributed by atoms with Crippen LogP contribution in [0.2, 0.25) is 0 Å². The molecule has 3 aromatic rings. The molecule has 1 aromatic carbocycles. The lowest BCUT2D eigenvalue weighted by Crippen LogP contribution is -2.40. The van der Waals surface area contributed by atoms with Crippen LogP contribution in [0.3, 0.4) is 0 Å². The second kappa shape index (κ2) is 7.55. The SMILES string of the molecule is Cc1csc([C@@H]2CCCN(C(=O)c3cc(C(=O)O)nn3-c3ccccc3)C2)n1. The van der Waals surface area contributed by atoms with Crippen molar-refractivity contribution in [2.45, 2.75) is 25.7 Å². The first-order valence-corrected chi connectivity index (χ1v) is 10.0. The number of hydrogen-bond donors (Lipinski definition) is 1. The van der Waals surface area contributed by atoms with Crippen molar-refractivity contribution in [3.63, 3.8) is 0 Å². The van der Waals surface area contributed by atoms with Crippen molar-refractivity contribution < 1.29 is 14.7 Å². The fourth-order valence-electron chi connectivity index (χ4n) is 3.49. The average Bonchev–Trinajstić information content (AvgIpc) is 3.35. The number of thiazole rings is 1. The van der Waals surface area contributed by atoms with Crippen molar-refractivity contribution in [1.29, 1.82) is 0 Å². The van der Waals surface area contributed by atoms with Gasteiger partial charge in [0.15, 0.2) is 5.69 Å². The number of carbonyl (C=O) groups is 2. The monoisotopic (exact) mass is 396 g/mol. The molecular weight excluding hydrogens is 376 g/mol. The molecule has 28 heavy (non-hydrogen) atoms. The maximum absolute atomic E-state index is 13.3. The van der Waals surface area contributed by atoms with Gasteiger partial charge in [0.25, 0.3) is 5.91 Å². The molecule has 144 valence electrons. The molecule has 0 unspecified atom stereocenters. The number of likely N-dealkylation sites (tertiary alicyclic amines) is 1.